The van der Waals surface area contributed by atoms with E-state index in [1.165, 1.54) is 6.92 Å². The number of halogens is 7. The Kier molecular flexibility index (Phi) is 8.96. The van der Waals surface area contributed by atoms with Crippen molar-refractivity contribution in [3.8, 4) is 0 Å². The minimum absolute atomic E-state index is 0.0306. The average Bonchev–Trinajstić information content (AvgIpc) is 2.82. The Bertz CT molecular complexity index is 925. The number of aliphatic hydroxyl groups excluding tert-OH is 1. The number of hydrogen-bond acceptors (Lipinski definition) is 4. The summed E-state index contributed by atoms with van der Waals surface area (Å²) in [6, 6.07) is 10.7. The van der Waals surface area contributed by atoms with Crippen LogP contribution in [0.3, 0.4) is 0 Å². The molecule has 1 aliphatic rings. The van der Waals surface area contributed by atoms with E-state index in [1.807, 2.05) is 30.3 Å². The van der Waals surface area contributed by atoms with Gasteiger partial charge in [-0.1, -0.05) is 18.2 Å². The Balaban J connectivity index is 1.77. The van der Waals surface area contributed by atoms with Gasteiger partial charge in [0.15, 0.2) is 0 Å². The molecular weight excluding hydrogens is 498 g/mol. The van der Waals surface area contributed by atoms with Gasteiger partial charge in [-0.15, -0.1) is 11.6 Å². The number of ether oxygens (including phenoxy) is 1. The SMILES string of the molecule is CC(OC[C@H]1CC[C@H](NC(O)CCl)CN1c1ccccc1)c1cc(C(F)(F)F)cc(C(F)(F)F)c1. The minimum atomic E-state index is -4.92. The van der Waals surface area contributed by atoms with E-state index in [0.717, 1.165) is 5.69 Å². The topological polar surface area (TPSA) is 44.7 Å². The van der Waals surface area contributed by atoms with Gasteiger partial charge in [0, 0.05) is 18.3 Å². The quantitative estimate of drug-likeness (QED) is 0.253. The van der Waals surface area contributed by atoms with Crippen molar-refractivity contribution in [2.75, 3.05) is 23.9 Å². The van der Waals surface area contributed by atoms with E-state index in [1.54, 1.807) is 0 Å². The van der Waals surface area contributed by atoms with Crippen LogP contribution in [0.2, 0.25) is 0 Å². The predicted molar refractivity (Wildman–Crippen MR) is 121 cm³/mol. The van der Waals surface area contributed by atoms with E-state index in [-0.39, 0.29) is 36.2 Å². The molecule has 1 saturated heterocycles. The zero-order valence-corrected chi connectivity index (χ0v) is 19.7. The van der Waals surface area contributed by atoms with E-state index in [2.05, 4.69) is 10.2 Å². The zero-order valence-electron chi connectivity index (χ0n) is 18.9. The van der Waals surface area contributed by atoms with Gasteiger partial charge in [-0.2, -0.15) is 26.3 Å². The highest BCUT2D eigenvalue weighted by molar-refractivity contribution is 6.18. The molecule has 2 aromatic carbocycles. The lowest BCUT2D eigenvalue weighted by atomic mass is 9.97. The van der Waals surface area contributed by atoms with E-state index >= 15 is 0 Å². The van der Waals surface area contributed by atoms with Gasteiger partial charge < -0.3 is 14.7 Å². The van der Waals surface area contributed by atoms with Gasteiger partial charge in [-0.05, 0) is 55.7 Å². The highest BCUT2D eigenvalue weighted by Gasteiger charge is 2.37. The monoisotopic (exact) mass is 524 g/mol. The lowest BCUT2D eigenvalue weighted by Gasteiger charge is -2.42. The van der Waals surface area contributed by atoms with Crippen molar-refractivity contribution in [2.45, 2.75) is 56.5 Å². The number of piperidine rings is 1. The van der Waals surface area contributed by atoms with Crippen molar-refractivity contribution >= 4 is 17.3 Å². The first-order valence-corrected chi connectivity index (χ1v) is 11.6. The first kappa shape index (κ1) is 27.6. The largest absolute Gasteiger partial charge is 0.416 e. The van der Waals surface area contributed by atoms with Crippen LogP contribution in [0.15, 0.2) is 48.5 Å². The molecule has 11 heteroatoms. The van der Waals surface area contributed by atoms with Crippen LogP contribution in [-0.4, -0.2) is 42.4 Å². The number of nitrogens with one attached hydrogen (secondary N) is 1. The zero-order chi connectivity index (χ0) is 25.8. The summed E-state index contributed by atoms with van der Waals surface area (Å²) in [5.41, 5.74) is -2.04. The molecule has 1 fully saturated rings. The number of anilines is 1. The molecule has 4 nitrogen and oxygen atoms in total. The average molecular weight is 525 g/mol. The summed E-state index contributed by atoms with van der Waals surface area (Å²) >= 11 is 5.69. The van der Waals surface area contributed by atoms with Gasteiger partial charge in [0.05, 0.1) is 35.8 Å². The minimum Gasteiger partial charge on any atom is -0.377 e. The first-order valence-electron chi connectivity index (χ1n) is 11.1. The maximum absolute atomic E-state index is 13.2. The molecule has 194 valence electrons. The van der Waals surface area contributed by atoms with Crippen molar-refractivity contribution in [3.63, 3.8) is 0 Å². The molecule has 2 aromatic rings. The Labute approximate surface area is 204 Å². The van der Waals surface area contributed by atoms with Crippen molar-refractivity contribution in [3.05, 3.63) is 65.2 Å². The number of hydrogen-bond donors (Lipinski definition) is 2. The van der Waals surface area contributed by atoms with Crippen molar-refractivity contribution in [2.24, 2.45) is 0 Å². The maximum atomic E-state index is 13.2. The fourth-order valence-corrected chi connectivity index (χ4v) is 4.24. The Hall–Kier alpha value is -2.01. The fourth-order valence-electron chi connectivity index (χ4n) is 4.15. The maximum Gasteiger partial charge on any atom is 0.416 e. The number of aliphatic hydroxyl groups is 1. The van der Waals surface area contributed by atoms with Crippen molar-refractivity contribution in [1.82, 2.24) is 5.32 Å². The molecule has 1 aliphatic heterocycles. The molecule has 0 aromatic heterocycles. The van der Waals surface area contributed by atoms with Crippen LogP contribution in [0, 0.1) is 0 Å². The highest BCUT2D eigenvalue weighted by Crippen LogP contribution is 2.38. The lowest BCUT2D eigenvalue weighted by molar-refractivity contribution is -0.143. The van der Waals surface area contributed by atoms with Crippen LogP contribution in [-0.2, 0) is 17.1 Å². The number of nitrogens with zero attached hydrogens (tertiary/aromatic N) is 1. The third kappa shape index (κ3) is 7.49. The summed E-state index contributed by atoms with van der Waals surface area (Å²) in [4.78, 5) is 2.06. The molecule has 0 amide bonds. The summed E-state index contributed by atoms with van der Waals surface area (Å²) in [5, 5.41) is 12.9. The van der Waals surface area contributed by atoms with Gasteiger partial charge in [-0.3, -0.25) is 5.32 Å². The first-order chi connectivity index (χ1) is 16.4. The molecule has 0 saturated carbocycles. The number of para-hydroxylation sites is 1. The normalized spacial score (nSPS) is 21.1. The Morgan fingerprint density at radius 1 is 1.03 bits per heavy atom. The van der Waals surface area contributed by atoms with Crippen molar-refractivity contribution < 1.29 is 36.2 Å². The molecule has 35 heavy (non-hydrogen) atoms. The van der Waals surface area contributed by atoms with Crippen LogP contribution in [0.5, 0.6) is 0 Å². The van der Waals surface area contributed by atoms with Crippen molar-refractivity contribution in [1.29, 1.82) is 0 Å². The van der Waals surface area contributed by atoms with Gasteiger partial charge >= 0.3 is 12.4 Å². The van der Waals surface area contributed by atoms with Gasteiger partial charge in [-0.25, -0.2) is 0 Å². The summed E-state index contributed by atoms with van der Waals surface area (Å²) in [6.07, 6.45) is -10.4. The molecule has 2 unspecified atom stereocenters. The molecule has 0 aliphatic carbocycles. The number of rotatable bonds is 8. The van der Waals surface area contributed by atoms with Crippen LogP contribution < -0.4 is 10.2 Å². The second kappa shape index (κ2) is 11.4. The van der Waals surface area contributed by atoms with Crippen LogP contribution in [0.25, 0.3) is 0 Å². The third-order valence-electron chi connectivity index (χ3n) is 5.99. The summed E-state index contributed by atoms with van der Waals surface area (Å²) in [5.74, 6) is 0.0306. The molecule has 1 heterocycles. The molecule has 2 N–H and O–H groups in total. The molecular formula is C24H27ClF6N2O2. The van der Waals surface area contributed by atoms with E-state index in [0.29, 0.717) is 31.5 Å². The predicted octanol–water partition coefficient (Wildman–Crippen LogP) is 5.99. The molecule has 4 atom stereocenters. The van der Waals surface area contributed by atoms with Crippen LogP contribution >= 0.6 is 11.6 Å². The van der Waals surface area contributed by atoms with Crippen LogP contribution in [0.1, 0.15) is 42.6 Å². The standard InChI is InChI=1S/C24H27ClF6N2O2/c1-15(16-9-17(23(26,27)28)11-18(10-16)24(29,30)31)35-14-21-8-7-19(32-22(34)12-25)13-33(21)20-5-3-2-4-6-20/h2-6,9-11,15,19,21-22,32,34H,7-8,12-14H2,1H3/t15?,19-,21+,22?/m0/s1. The van der Waals surface area contributed by atoms with E-state index in [9.17, 15) is 31.4 Å². The molecule has 0 radical (unpaired) electrons. The van der Waals surface area contributed by atoms with E-state index < -0.39 is 35.8 Å². The summed E-state index contributed by atoms with van der Waals surface area (Å²) < 4.78 is 85.2. The molecule has 3 rings (SSSR count). The van der Waals surface area contributed by atoms with E-state index in [4.69, 9.17) is 16.3 Å². The summed E-state index contributed by atoms with van der Waals surface area (Å²) in [6.45, 7) is 2.05. The smallest absolute Gasteiger partial charge is 0.377 e. The Morgan fingerprint density at radius 3 is 2.17 bits per heavy atom. The lowest BCUT2D eigenvalue weighted by Crippen LogP contribution is -2.54. The fraction of sp³-hybridized carbons (Fsp3) is 0.500. The third-order valence-corrected chi connectivity index (χ3v) is 6.28. The number of benzene rings is 2. The second-order valence-corrected chi connectivity index (χ2v) is 8.88. The van der Waals surface area contributed by atoms with Gasteiger partial charge in [0.2, 0.25) is 0 Å². The highest BCUT2D eigenvalue weighted by atomic mass is 35.5. The summed E-state index contributed by atoms with van der Waals surface area (Å²) in [7, 11) is 0. The number of alkyl halides is 7. The van der Waals surface area contributed by atoms with Gasteiger partial charge in [0.25, 0.3) is 0 Å². The Morgan fingerprint density at radius 2 is 1.63 bits per heavy atom. The molecule has 0 bridgehead atoms. The van der Waals surface area contributed by atoms with Gasteiger partial charge in [0.1, 0.15) is 6.23 Å². The molecule has 0 spiro atoms. The second-order valence-electron chi connectivity index (χ2n) is 8.57. The van der Waals surface area contributed by atoms with Crippen LogP contribution in [0.4, 0.5) is 32.0 Å².